The molecule has 1 aromatic carbocycles. The molecule has 1 N–H and O–H groups in total. The Hall–Kier alpha value is -4.44. The molecule has 38 heavy (non-hydrogen) atoms. The molecule has 1 aliphatic heterocycles. The summed E-state index contributed by atoms with van der Waals surface area (Å²) < 4.78 is 4.89. The molecule has 0 amide bonds. The smallest absolute Gasteiger partial charge is 0.356 e. The number of nitrogens with one attached hydrogen (secondary N) is 1. The molecule has 0 atom stereocenters. The summed E-state index contributed by atoms with van der Waals surface area (Å²) in [5.74, 6) is 1.38. The van der Waals surface area contributed by atoms with E-state index in [-0.39, 0.29) is 5.69 Å². The summed E-state index contributed by atoms with van der Waals surface area (Å²) in [6, 6.07) is 17.4. The number of aryl methyl sites for hydroxylation is 1. The van der Waals surface area contributed by atoms with E-state index in [2.05, 4.69) is 71.3 Å². The third-order valence-electron chi connectivity index (χ3n) is 6.37. The number of nitrogens with zero attached hydrogens (tertiary/aromatic N) is 7. The van der Waals surface area contributed by atoms with Crippen molar-refractivity contribution in [2.45, 2.75) is 13.3 Å². The fourth-order valence-corrected chi connectivity index (χ4v) is 4.26. The molecule has 0 radical (unpaired) electrons. The highest BCUT2D eigenvalue weighted by atomic mass is 16.5. The minimum absolute atomic E-state index is 0.123. The predicted molar refractivity (Wildman–Crippen MR) is 146 cm³/mol. The number of hydrogen-bond acceptors (Lipinski definition) is 10. The zero-order valence-corrected chi connectivity index (χ0v) is 21.8. The number of rotatable bonds is 7. The van der Waals surface area contributed by atoms with Gasteiger partial charge in [0.25, 0.3) is 0 Å². The summed E-state index contributed by atoms with van der Waals surface area (Å²) in [5, 5.41) is 3.18. The van der Waals surface area contributed by atoms with E-state index in [9.17, 15) is 4.79 Å². The molecule has 4 heterocycles. The molecule has 0 spiro atoms. The van der Waals surface area contributed by atoms with Crippen LogP contribution in [0, 0.1) is 6.92 Å². The second-order valence-electron chi connectivity index (χ2n) is 9.23. The Balaban J connectivity index is 1.33. The Bertz CT molecular complexity index is 1420. The monoisotopic (exact) mass is 510 g/mol. The summed E-state index contributed by atoms with van der Waals surface area (Å²) in [5.41, 5.74) is 3.87. The van der Waals surface area contributed by atoms with Gasteiger partial charge in [0.15, 0.2) is 11.5 Å². The highest BCUT2D eigenvalue weighted by Crippen LogP contribution is 2.21. The van der Waals surface area contributed by atoms with Crippen LogP contribution < -0.4 is 10.2 Å². The van der Waals surface area contributed by atoms with Gasteiger partial charge in [0.05, 0.1) is 7.11 Å². The molecule has 10 heteroatoms. The number of carbonyl (C=O) groups is 1. The lowest BCUT2D eigenvalue weighted by Crippen LogP contribution is -2.44. The van der Waals surface area contributed by atoms with Crippen LogP contribution in [-0.4, -0.2) is 76.1 Å². The van der Waals surface area contributed by atoms with E-state index in [1.165, 1.54) is 18.9 Å². The predicted octanol–water partition coefficient (Wildman–Crippen LogP) is 3.51. The largest absolute Gasteiger partial charge is 0.464 e. The van der Waals surface area contributed by atoms with Crippen LogP contribution in [0.25, 0.3) is 11.5 Å². The number of ether oxygens (including phenoxy) is 1. The van der Waals surface area contributed by atoms with E-state index in [0.717, 1.165) is 37.4 Å². The zero-order chi connectivity index (χ0) is 26.5. The first kappa shape index (κ1) is 25.2. The highest BCUT2D eigenvalue weighted by molar-refractivity contribution is 5.88. The van der Waals surface area contributed by atoms with Crippen molar-refractivity contribution in [3.05, 3.63) is 83.6 Å². The third kappa shape index (κ3) is 6.09. The summed E-state index contributed by atoms with van der Waals surface area (Å²) in [7, 11) is 3.48. The fourth-order valence-electron chi connectivity index (χ4n) is 4.26. The SMILES string of the molecule is COC(=O)c1cc(Nc2ccnc(Cc3ccc(N4CCN(C)CC4)cc3)n2)nc(-c2cccc(C)n2)n1. The first-order valence-electron chi connectivity index (χ1n) is 12.5. The maximum atomic E-state index is 12.3. The van der Waals surface area contributed by atoms with Crippen LogP contribution in [0.15, 0.2) is 60.8 Å². The number of pyridine rings is 1. The maximum Gasteiger partial charge on any atom is 0.356 e. The minimum Gasteiger partial charge on any atom is -0.464 e. The molecule has 194 valence electrons. The Morgan fingerprint density at radius 1 is 0.947 bits per heavy atom. The van der Waals surface area contributed by atoms with Crippen LogP contribution in [0.1, 0.15) is 27.6 Å². The third-order valence-corrected chi connectivity index (χ3v) is 6.37. The molecular weight excluding hydrogens is 480 g/mol. The lowest BCUT2D eigenvalue weighted by molar-refractivity contribution is 0.0594. The molecule has 10 nitrogen and oxygen atoms in total. The molecule has 0 saturated carbocycles. The van der Waals surface area contributed by atoms with E-state index in [0.29, 0.717) is 35.4 Å². The number of likely N-dealkylation sites (N-methyl/N-ethyl adjacent to an activating group) is 1. The number of benzene rings is 1. The van der Waals surface area contributed by atoms with Crippen LogP contribution in [0.4, 0.5) is 17.3 Å². The van der Waals surface area contributed by atoms with Gasteiger partial charge in [-0.25, -0.2) is 29.7 Å². The van der Waals surface area contributed by atoms with Gasteiger partial charge in [0, 0.05) is 56.2 Å². The second-order valence-corrected chi connectivity index (χ2v) is 9.23. The van der Waals surface area contributed by atoms with Crippen molar-refractivity contribution in [1.29, 1.82) is 0 Å². The van der Waals surface area contributed by atoms with Gasteiger partial charge in [0.1, 0.15) is 23.2 Å². The van der Waals surface area contributed by atoms with E-state index >= 15 is 0 Å². The van der Waals surface area contributed by atoms with Crippen molar-refractivity contribution in [3.8, 4) is 11.5 Å². The first-order valence-corrected chi connectivity index (χ1v) is 12.5. The van der Waals surface area contributed by atoms with Gasteiger partial charge in [-0.1, -0.05) is 18.2 Å². The molecule has 0 unspecified atom stereocenters. The van der Waals surface area contributed by atoms with Gasteiger partial charge >= 0.3 is 5.97 Å². The molecule has 4 aromatic rings. The molecule has 0 bridgehead atoms. The first-order chi connectivity index (χ1) is 18.5. The molecule has 5 rings (SSSR count). The average molecular weight is 511 g/mol. The van der Waals surface area contributed by atoms with Crippen molar-refractivity contribution < 1.29 is 9.53 Å². The summed E-state index contributed by atoms with van der Waals surface area (Å²) in [6.45, 7) is 6.11. The van der Waals surface area contributed by atoms with E-state index in [4.69, 9.17) is 4.74 Å². The van der Waals surface area contributed by atoms with Crippen molar-refractivity contribution in [3.63, 3.8) is 0 Å². The van der Waals surface area contributed by atoms with Crippen LogP contribution in [0.2, 0.25) is 0 Å². The average Bonchev–Trinajstić information content (AvgIpc) is 2.93. The number of aromatic nitrogens is 5. The van der Waals surface area contributed by atoms with Crippen molar-refractivity contribution >= 4 is 23.3 Å². The number of esters is 1. The molecule has 1 fully saturated rings. The molecule has 1 aliphatic rings. The van der Waals surface area contributed by atoms with Gasteiger partial charge in [-0.15, -0.1) is 0 Å². The van der Waals surface area contributed by atoms with Crippen molar-refractivity contribution in [2.75, 3.05) is 50.6 Å². The van der Waals surface area contributed by atoms with Gasteiger partial charge in [-0.05, 0) is 49.9 Å². The van der Waals surface area contributed by atoms with Crippen molar-refractivity contribution in [2.24, 2.45) is 0 Å². The minimum atomic E-state index is -0.562. The Morgan fingerprint density at radius 3 is 2.47 bits per heavy atom. The molecule has 3 aromatic heterocycles. The number of hydrogen-bond donors (Lipinski definition) is 1. The standard InChI is InChI=1S/C28H30N8O2/c1-19-5-4-6-22(30-19)27-31-23(28(37)38-3)18-26(34-27)33-24-11-12-29-25(32-24)17-20-7-9-21(10-8-20)36-15-13-35(2)14-16-36/h4-12,18H,13-17H2,1-3H3,(H,29,31,32,33,34). The zero-order valence-electron chi connectivity index (χ0n) is 21.8. The quantitative estimate of drug-likeness (QED) is 0.371. The molecular formula is C28H30N8O2. The molecule has 1 saturated heterocycles. The van der Waals surface area contributed by atoms with E-state index in [1.807, 2.05) is 19.1 Å². The van der Waals surface area contributed by atoms with E-state index < -0.39 is 5.97 Å². The topological polar surface area (TPSA) is 109 Å². The second kappa shape index (κ2) is 11.3. The summed E-state index contributed by atoms with van der Waals surface area (Å²) in [6.07, 6.45) is 2.29. The van der Waals surface area contributed by atoms with Gasteiger partial charge in [0.2, 0.25) is 0 Å². The number of methoxy groups -OCH3 is 1. The Labute approximate surface area is 221 Å². The lowest BCUT2D eigenvalue weighted by atomic mass is 10.1. The van der Waals surface area contributed by atoms with Gasteiger partial charge in [-0.2, -0.15) is 0 Å². The lowest BCUT2D eigenvalue weighted by Gasteiger charge is -2.34. The van der Waals surface area contributed by atoms with Gasteiger partial charge < -0.3 is 19.9 Å². The summed E-state index contributed by atoms with van der Waals surface area (Å²) in [4.78, 5) is 39.5. The van der Waals surface area contributed by atoms with Gasteiger partial charge in [-0.3, -0.25) is 0 Å². The Morgan fingerprint density at radius 2 is 1.74 bits per heavy atom. The summed E-state index contributed by atoms with van der Waals surface area (Å²) >= 11 is 0. The number of anilines is 3. The van der Waals surface area contributed by atoms with Crippen LogP contribution >= 0.6 is 0 Å². The fraction of sp³-hybridized carbons (Fsp3) is 0.286. The van der Waals surface area contributed by atoms with Crippen LogP contribution in [-0.2, 0) is 11.2 Å². The Kier molecular flexibility index (Phi) is 7.50. The van der Waals surface area contributed by atoms with Crippen LogP contribution in [0.3, 0.4) is 0 Å². The highest BCUT2D eigenvalue weighted by Gasteiger charge is 2.16. The normalized spacial score (nSPS) is 13.8. The number of carbonyl (C=O) groups excluding carboxylic acids is 1. The van der Waals surface area contributed by atoms with Crippen LogP contribution in [0.5, 0.6) is 0 Å². The maximum absolute atomic E-state index is 12.3. The number of piperazine rings is 1. The van der Waals surface area contributed by atoms with E-state index in [1.54, 1.807) is 18.3 Å². The molecule has 0 aliphatic carbocycles. The van der Waals surface area contributed by atoms with Crippen molar-refractivity contribution in [1.82, 2.24) is 29.8 Å².